The summed E-state index contributed by atoms with van der Waals surface area (Å²) in [6, 6.07) is 12.3. The molecule has 7 nitrogen and oxygen atoms in total. The third kappa shape index (κ3) is 5.01. The second kappa shape index (κ2) is 9.30. The highest BCUT2D eigenvalue weighted by Gasteiger charge is 2.21. The molecule has 0 aromatic heterocycles. The fourth-order valence-corrected chi connectivity index (χ4v) is 3.29. The highest BCUT2D eigenvalue weighted by atomic mass is 16.2. The maximum absolute atomic E-state index is 13.0. The highest BCUT2D eigenvalue weighted by molar-refractivity contribution is 6.09. The Kier molecular flexibility index (Phi) is 6.55. The lowest BCUT2D eigenvalue weighted by Crippen LogP contribution is -2.36. The number of nitrogens with one attached hydrogen (secondary N) is 4. The van der Waals surface area contributed by atoms with Crippen LogP contribution in [0.1, 0.15) is 35.3 Å². The number of carbonyl (C=O) groups is 3. The summed E-state index contributed by atoms with van der Waals surface area (Å²) in [5, 5.41) is 11.8. The van der Waals surface area contributed by atoms with Gasteiger partial charge < -0.3 is 21.3 Å². The molecule has 0 saturated carbocycles. The molecule has 2 aromatic carbocycles. The van der Waals surface area contributed by atoms with E-state index >= 15 is 0 Å². The molecule has 160 valence electrons. The number of hydrogen-bond donors (Lipinski definition) is 4. The first kappa shape index (κ1) is 21.8. The van der Waals surface area contributed by atoms with Crippen LogP contribution in [0, 0.1) is 6.92 Å². The van der Waals surface area contributed by atoms with Crippen molar-refractivity contribution in [3.8, 4) is 0 Å². The second-order valence-electron chi connectivity index (χ2n) is 7.48. The van der Waals surface area contributed by atoms with Crippen molar-refractivity contribution in [1.29, 1.82) is 0 Å². The van der Waals surface area contributed by atoms with Crippen LogP contribution < -0.4 is 21.3 Å². The van der Waals surface area contributed by atoms with E-state index in [9.17, 15) is 14.4 Å². The Bertz CT molecular complexity index is 1090. The van der Waals surface area contributed by atoms with Gasteiger partial charge in [0.15, 0.2) is 0 Å². The number of amides is 3. The number of anilines is 2. The Morgan fingerprint density at radius 2 is 1.77 bits per heavy atom. The summed E-state index contributed by atoms with van der Waals surface area (Å²) in [4.78, 5) is 37.0. The summed E-state index contributed by atoms with van der Waals surface area (Å²) in [6.07, 6.45) is 1.16. The molecule has 0 aliphatic carbocycles. The van der Waals surface area contributed by atoms with Crippen LogP contribution in [-0.4, -0.2) is 30.3 Å². The molecule has 0 bridgehead atoms. The van der Waals surface area contributed by atoms with Crippen molar-refractivity contribution in [2.24, 2.45) is 0 Å². The molecule has 1 aliphatic rings. The van der Waals surface area contributed by atoms with Gasteiger partial charge in [0.25, 0.3) is 5.91 Å². The smallest absolute Gasteiger partial charge is 0.255 e. The van der Waals surface area contributed by atoms with Crippen LogP contribution >= 0.6 is 0 Å². The van der Waals surface area contributed by atoms with E-state index in [0.29, 0.717) is 34.8 Å². The summed E-state index contributed by atoms with van der Waals surface area (Å²) < 4.78 is 0. The summed E-state index contributed by atoms with van der Waals surface area (Å²) >= 11 is 0. The van der Waals surface area contributed by atoms with Crippen LogP contribution in [0.4, 0.5) is 11.4 Å². The quantitative estimate of drug-likeness (QED) is 0.560. The molecule has 1 heterocycles. The zero-order chi connectivity index (χ0) is 22.5. The zero-order valence-electron chi connectivity index (χ0n) is 17.8. The van der Waals surface area contributed by atoms with Crippen molar-refractivity contribution in [1.82, 2.24) is 10.6 Å². The van der Waals surface area contributed by atoms with E-state index in [1.165, 1.54) is 0 Å². The van der Waals surface area contributed by atoms with E-state index in [-0.39, 0.29) is 23.8 Å². The van der Waals surface area contributed by atoms with Crippen molar-refractivity contribution in [3.63, 3.8) is 0 Å². The molecule has 0 fully saturated rings. The van der Waals surface area contributed by atoms with Crippen molar-refractivity contribution >= 4 is 34.8 Å². The van der Waals surface area contributed by atoms with Crippen molar-refractivity contribution in [3.05, 3.63) is 77.4 Å². The molecule has 2 aromatic rings. The number of aryl methyl sites for hydroxylation is 1. The standard InChI is InChI=1S/C24H26N4O3/c1-5-21(29)27-19-8-6-7-9-20(19)28-24(31)17-11-10-14(2)18(12-17)22-16(4)23(30)26-15(3)13-25-22/h5-12,15,25H,1,13H2,2-4H3,(H,26,30)(H,27,29)(H,28,31)/t15-/m1/s1. The highest BCUT2D eigenvalue weighted by Crippen LogP contribution is 2.25. The first-order valence-corrected chi connectivity index (χ1v) is 10.0. The number of rotatable bonds is 5. The van der Waals surface area contributed by atoms with E-state index < -0.39 is 0 Å². The van der Waals surface area contributed by atoms with Crippen molar-refractivity contribution < 1.29 is 14.4 Å². The van der Waals surface area contributed by atoms with Crippen LogP contribution in [0.2, 0.25) is 0 Å². The lowest BCUT2D eigenvalue weighted by molar-refractivity contribution is -0.117. The van der Waals surface area contributed by atoms with E-state index in [4.69, 9.17) is 0 Å². The maximum Gasteiger partial charge on any atom is 0.255 e. The summed E-state index contributed by atoms with van der Waals surface area (Å²) in [5.74, 6) is -0.825. The topological polar surface area (TPSA) is 99.3 Å². The average Bonchev–Trinajstić information content (AvgIpc) is 2.87. The molecule has 31 heavy (non-hydrogen) atoms. The van der Waals surface area contributed by atoms with Crippen LogP contribution in [0.3, 0.4) is 0 Å². The van der Waals surface area contributed by atoms with Crippen molar-refractivity contribution in [2.75, 3.05) is 17.2 Å². The molecule has 1 atom stereocenters. The van der Waals surface area contributed by atoms with Crippen molar-refractivity contribution in [2.45, 2.75) is 26.8 Å². The lowest BCUT2D eigenvalue weighted by Gasteiger charge is -2.16. The fraction of sp³-hybridized carbons (Fsp3) is 0.208. The first-order chi connectivity index (χ1) is 14.8. The van der Waals surface area contributed by atoms with Gasteiger partial charge in [-0.25, -0.2) is 0 Å². The number of carbonyl (C=O) groups excluding carboxylic acids is 3. The van der Waals surface area contributed by atoms with Crippen LogP contribution in [0.25, 0.3) is 5.70 Å². The SMILES string of the molecule is C=CC(=O)Nc1ccccc1NC(=O)c1ccc(C)c(C2=C(C)C(=O)N[C@H](C)CN2)c1. The molecular weight excluding hydrogens is 392 g/mol. The number of para-hydroxylation sites is 2. The van der Waals surface area contributed by atoms with Gasteiger partial charge in [0.1, 0.15) is 0 Å². The summed E-state index contributed by atoms with van der Waals surface area (Å²) in [5.41, 5.74) is 4.41. The van der Waals surface area contributed by atoms with Gasteiger partial charge in [-0.1, -0.05) is 24.8 Å². The second-order valence-corrected chi connectivity index (χ2v) is 7.48. The largest absolute Gasteiger partial charge is 0.382 e. The fourth-order valence-electron chi connectivity index (χ4n) is 3.29. The molecule has 1 aliphatic heterocycles. The average molecular weight is 418 g/mol. The van der Waals surface area contributed by atoms with E-state index in [1.807, 2.05) is 19.9 Å². The minimum Gasteiger partial charge on any atom is -0.382 e. The van der Waals surface area contributed by atoms with Gasteiger partial charge in [-0.3, -0.25) is 14.4 Å². The minimum atomic E-state index is -0.367. The lowest BCUT2D eigenvalue weighted by atomic mass is 9.98. The molecule has 7 heteroatoms. The Labute approximate surface area is 181 Å². The monoisotopic (exact) mass is 418 g/mol. The van der Waals surface area contributed by atoms with Crippen LogP contribution in [-0.2, 0) is 9.59 Å². The Morgan fingerprint density at radius 1 is 1.10 bits per heavy atom. The maximum atomic E-state index is 13.0. The zero-order valence-corrected chi connectivity index (χ0v) is 17.8. The molecule has 0 spiro atoms. The predicted molar refractivity (Wildman–Crippen MR) is 123 cm³/mol. The van der Waals surface area contributed by atoms with Gasteiger partial charge >= 0.3 is 0 Å². The van der Waals surface area contributed by atoms with Gasteiger partial charge in [-0.05, 0) is 56.7 Å². The molecule has 0 saturated heterocycles. The summed E-state index contributed by atoms with van der Waals surface area (Å²) in [6.45, 7) is 9.66. The third-order valence-corrected chi connectivity index (χ3v) is 5.07. The van der Waals surface area contributed by atoms with Crippen LogP contribution in [0.15, 0.2) is 60.7 Å². The van der Waals surface area contributed by atoms with Crippen LogP contribution in [0.5, 0.6) is 0 Å². The first-order valence-electron chi connectivity index (χ1n) is 10.0. The number of hydrogen-bond acceptors (Lipinski definition) is 4. The van der Waals surface area contributed by atoms with Gasteiger partial charge in [-0.15, -0.1) is 0 Å². The summed E-state index contributed by atoms with van der Waals surface area (Å²) in [7, 11) is 0. The van der Waals surface area contributed by atoms with Gasteiger partial charge in [-0.2, -0.15) is 0 Å². The molecule has 3 amide bonds. The minimum absolute atomic E-state index is 0.00554. The molecule has 3 rings (SSSR count). The van der Waals surface area contributed by atoms with E-state index in [0.717, 1.165) is 17.2 Å². The molecule has 0 unspecified atom stereocenters. The molecular formula is C24H26N4O3. The third-order valence-electron chi connectivity index (χ3n) is 5.07. The van der Waals surface area contributed by atoms with E-state index in [1.54, 1.807) is 43.3 Å². The Hall–Kier alpha value is -3.87. The molecule has 0 radical (unpaired) electrons. The van der Waals surface area contributed by atoms with Gasteiger partial charge in [0, 0.05) is 29.3 Å². The van der Waals surface area contributed by atoms with Gasteiger partial charge in [0.2, 0.25) is 11.8 Å². The van der Waals surface area contributed by atoms with Gasteiger partial charge in [0.05, 0.1) is 17.1 Å². The predicted octanol–water partition coefficient (Wildman–Crippen LogP) is 3.21. The number of benzene rings is 2. The van der Waals surface area contributed by atoms with E-state index in [2.05, 4.69) is 27.8 Å². The Morgan fingerprint density at radius 3 is 2.45 bits per heavy atom. The normalized spacial score (nSPS) is 16.0. The molecule has 4 N–H and O–H groups in total. The Balaban J connectivity index is 1.91.